The second-order valence-corrected chi connectivity index (χ2v) is 3.87. The first-order valence-electron chi connectivity index (χ1n) is 5.16. The van der Waals surface area contributed by atoms with E-state index < -0.39 is 0 Å². The van der Waals surface area contributed by atoms with Crippen molar-refractivity contribution in [3.63, 3.8) is 0 Å². The molecular formula is C10H17N5. The van der Waals surface area contributed by atoms with Crippen LogP contribution in [-0.2, 0) is 0 Å². The molecule has 5 heteroatoms. The van der Waals surface area contributed by atoms with Gasteiger partial charge >= 0.3 is 0 Å². The number of nitrogens with zero attached hydrogens (tertiary/aromatic N) is 3. The average Bonchev–Trinajstić information content (AvgIpc) is 2.22. The molecular weight excluding hydrogens is 190 g/mol. The van der Waals surface area contributed by atoms with Crippen LogP contribution in [-0.4, -0.2) is 48.1 Å². The largest absolute Gasteiger partial charge is 0.384 e. The van der Waals surface area contributed by atoms with E-state index in [9.17, 15) is 0 Å². The standard InChI is InChI=1S/C10H17N5/c1-14-4-6-15(7-5-14)13-9-2-3-12-10(11)8-9/h2-3,8H,4-7H2,1H3,(H3,11,12,13). The number of likely N-dealkylation sites (N-methyl/N-ethyl adjacent to an activating group) is 1. The molecule has 0 atom stereocenters. The minimum absolute atomic E-state index is 0.550. The molecule has 1 aliphatic rings. The van der Waals surface area contributed by atoms with Crippen molar-refractivity contribution < 1.29 is 0 Å². The van der Waals surface area contributed by atoms with Gasteiger partial charge < -0.3 is 16.1 Å². The predicted octanol–water partition coefficient (Wildman–Crippen LogP) is 0.238. The molecule has 1 fully saturated rings. The van der Waals surface area contributed by atoms with Gasteiger partial charge in [0, 0.05) is 38.4 Å². The van der Waals surface area contributed by atoms with E-state index in [2.05, 4.69) is 27.4 Å². The number of hydrogen-bond acceptors (Lipinski definition) is 5. The Morgan fingerprint density at radius 3 is 2.73 bits per heavy atom. The van der Waals surface area contributed by atoms with E-state index in [4.69, 9.17) is 5.73 Å². The zero-order chi connectivity index (χ0) is 10.7. The number of piperazine rings is 1. The molecule has 0 spiro atoms. The first kappa shape index (κ1) is 10.2. The molecule has 15 heavy (non-hydrogen) atoms. The van der Waals surface area contributed by atoms with E-state index in [0.717, 1.165) is 31.9 Å². The Balaban J connectivity index is 1.92. The summed E-state index contributed by atoms with van der Waals surface area (Å²) in [5, 5.41) is 2.20. The minimum Gasteiger partial charge on any atom is -0.384 e. The lowest BCUT2D eigenvalue weighted by Gasteiger charge is -2.33. The maximum absolute atomic E-state index is 5.61. The maximum Gasteiger partial charge on any atom is 0.125 e. The molecule has 0 aliphatic carbocycles. The van der Waals surface area contributed by atoms with E-state index in [-0.39, 0.29) is 0 Å². The first-order valence-corrected chi connectivity index (χ1v) is 5.16. The number of hydrogen-bond donors (Lipinski definition) is 2. The minimum atomic E-state index is 0.550. The highest BCUT2D eigenvalue weighted by molar-refractivity contribution is 5.48. The predicted molar refractivity (Wildman–Crippen MR) is 61.3 cm³/mol. The van der Waals surface area contributed by atoms with E-state index in [1.165, 1.54) is 0 Å². The highest BCUT2D eigenvalue weighted by Gasteiger charge is 2.13. The van der Waals surface area contributed by atoms with Gasteiger partial charge in [0.15, 0.2) is 0 Å². The molecule has 5 nitrogen and oxygen atoms in total. The van der Waals surface area contributed by atoms with Crippen molar-refractivity contribution in [2.75, 3.05) is 44.4 Å². The number of aromatic nitrogens is 1. The summed E-state index contributed by atoms with van der Waals surface area (Å²) in [5.74, 6) is 0.550. The quantitative estimate of drug-likeness (QED) is 0.727. The Labute approximate surface area is 89.8 Å². The lowest BCUT2D eigenvalue weighted by molar-refractivity contribution is 0.179. The van der Waals surface area contributed by atoms with Crippen LogP contribution in [0.1, 0.15) is 0 Å². The third kappa shape index (κ3) is 2.81. The molecule has 2 heterocycles. The molecule has 1 aliphatic heterocycles. The smallest absolute Gasteiger partial charge is 0.125 e. The SMILES string of the molecule is CN1CCN(Nc2ccnc(N)c2)CC1. The highest BCUT2D eigenvalue weighted by atomic mass is 15.5. The van der Waals surface area contributed by atoms with Gasteiger partial charge in [0.2, 0.25) is 0 Å². The van der Waals surface area contributed by atoms with E-state index >= 15 is 0 Å². The van der Waals surface area contributed by atoms with Crippen LogP contribution in [0.5, 0.6) is 0 Å². The van der Waals surface area contributed by atoms with Gasteiger partial charge in [0.25, 0.3) is 0 Å². The summed E-state index contributed by atoms with van der Waals surface area (Å²) in [4.78, 5) is 6.27. The molecule has 82 valence electrons. The van der Waals surface area contributed by atoms with Crippen molar-refractivity contribution >= 4 is 11.5 Å². The van der Waals surface area contributed by atoms with Crippen molar-refractivity contribution in [1.29, 1.82) is 0 Å². The van der Waals surface area contributed by atoms with Crippen molar-refractivity contribution in [3.8, 4) is 0 Å². The van der Waals surface area contributed by atoms with Crippen LogP contribution in [0.3, 0.4) is 0 Å². The Morgan fingerprint density at radius 2 is 2.07 bits per heavy atom. The van der Waals surface area contributed by atoms with Crippen molar-refractivity contribution in [3.05, 3.63) is 18.3 Å². The molecule has 0 unspecified atom stereocenters. The van der Waals surface area contributed by atoms with Crippen LogP contribution in [0.25, 0.3) is 0 Å². The van der Waals surface area contributed by atoms with Gasteiger partial charge in [-0.05, 0) is 13.1 Å². The number of nitrogens with one attached hydrogen (secondary N) is 1. The van der Waals surface area contributed by atoms with E-state index in [1.54, 1.807) is 6.20 Å². The fraction of sp³-hybridized carbons (Fsp3) is 0.500. The first-order chi connectivity index (χ1) is 7.24. The number of hydrazine groups is 1. The number of nitrogens with two attached hydrogens (primary N) is 1. The summed E-state index contributed by atoms with van der Waals surface area (Å²) in [7, 11) is 2.14. The zero-order valence-corrected chi connectivity index (χ0v) is 8.98. The fourth-order valence-electron chi connectivity index (χ4n) is 1.62. The lowest BCUT2D eigenvalue weighted by Crippen LogP contribution is -2.46. The van der Waals surface area contributed by atoms with Crippen LogP contribution in [0.4, 0.5) is 11.5 Å². The molecule has 0 aromatic carbocycles. The van der Waals surface area contributed by atoms with Crippen molar-refractivity contribution in [2.45, 2.75) is 0 Å². The summed E-state index contributed by atoms with van der Waals surface area (Å²) in [6, 6.07) is 3.77. The van der Waals surface area contributed by atoms with Gasteiger partial charge in [-0.25, -0.2) is 9.99 Å². The van der Waals surface area contributed by atoms with Gasteiger partial charge in [-0.1, -0.05) is 0 Å². The molecule has 0 amide bonds. The number of anilines is 2. The number of pyridine rings is 1. The topological polar surface area (TPSA) is 57.4 Å². The normalized spacial score (nSPS) is 19.0. The van der Waals surface area contributed by atoms with Gasteiger partial charge in [-0.2, -0.15) is 0 Å². The van der Waals surface area contributed by atoms with Crippen LogP contribution in [0.15, 0.2) is 18.3 Å². The maximum atomic E-state index is 5.61. The van der Waals surface area contributed by atoms with Gasteiger partial charge in [-0.3, -0.25) is 0 Å². The van der Waals surface area contributed by atoms with E-state index in [1.807, 2.05) is 12.1 Å². The van der Waals surface area contributed by atoms with Crippen molar-refractivity contribution in [2.24, 2.45) is 0 Å². The lowest BCUT2D eigenvalue weighted by atomic mass is 10.3. The molecule has 1 aromatic rings. The highest BCUT2D eigenvalue weighted by Crippen LogP contribution is 2.11. The summed E-state index contributed by atoms with van der Waals surface area (Å²) in [5.41, 5.74) is 9.94. The Kier molecular flexibility index (Phi) is 3.03. The third-order valence-electron chi connectivity index (χ3n) is 2.57. The summed E-state index contributed by atoms with van der Waals surface area (Å²) in [6.45, 7) is 4.23. The summed E-state index contributed by atoms with van der Waals surface area (Å²) < 4.78 is 0. The van der Waals surface area contributed by atoms with Gasteiger partial charge in [-0.15, -0.1) is 0 Å². The van der Waals surface area contributed by atoms with Crippen LogP contribution < -0.4 is 11.2 Å². The summed E-state index contributed by atoms with van der Waals surface area (Å²) in [6.07, 6.45) is 1.72. The summed E-state index contributed by atoms with van der Waals surface area (Å²) >= 11 is 0. The monoisotopic (exact) mass is 207 g/mol. The van der Waals surface area contributed by atoms with Crippen LogP contribution in [0, 0.1) is 0 Å². The molecule has 1 saturated heterocycles. The second-order valence-electron chi connectivity index (χ2n) is 3.87. The molecule has 2 rings (SSSR count). The second kappa shape index (κ2) is 4.46. The number of nitrogen functional groups attached to an aromatic ring is 1. The molecule has 0 radical (unpaired) electrons. The molecule has 3 N–H and O–H groups in total. The van der Waals surface area contributed by atoms with Gasteiger partial charge in [0.05, 0.1) is 5.69 Å². The Hall–Kier alpha value is -1.33. The van der Waals surface area contributed by atoms with Crippen molar-refractivity contribution in [1.82, 2.24) is 14.9 Å². The van der Waals surface area contributed by atoms with E-state index in [0.29, 0.717) is 5.82 Å². The Morgan fingerprint density at radius 1 is 1.33 bits per heavy atom. The Bertz CT molecular complexity index is 319. The molecule has 0 saturated carbocycles. The fourth-order valence-corrected chi connectivity index (χ4v) is 1.62. The molecule has 1 aromatic heterocycles. The number of rotatable bonds is 2. The third-order valence-corrected chi connectivity index (χ3v) is 2.57. The zero-order valence-electron chi connectivity index (χ0n) is 8.98. The average molecular weight is 207 g/mol. The van der Waals surface area contributed by atoms with Crippen LogP contribution in [0.2, 0.25) is 0 Å². The molecule has 0 bridgehead atoms. The van der Waals surface area contributed by atoms with Gasteiger partial charge in [0.1, 0.15) is 5.82 Å². The van der Waals surface area contributed by atoms with Crippen LogP contribution >= 0.6 is 0 Å².